The fourth-order valence-corrected chi connectivity index (χ4v) is 0.650. The van der Waals surface area contributed by atoms with Gasteiger partial charge in [0.05, 0.1) is 13.8 Å². The van der Waals surface area contributed by atoms with E-state index >= 15 is 0 Å². The molecule has 0 N–H and O–H groups in total. The van der Waals surface area contributed by atoms with Crippen LogP contribution in [0.4, 0.5) is 0 Å². The number of hydrogen-bond acceptors (Lipinski definition) is 1. The lowest BCUT2D eigenvalue weighted by Gasteiger charge is -2.12. The molecule has 0 fully saturated rings. The molecule has 0 aromatic rings. The molecular weight excluding hydrogens is 104 g/mol. The summed E-state index contributed by atoms with van der Waals surface area (Å²) in [5.41, 5.74) is -0.304. The highest BCUT2D eigenvalue weighted by molar-refractivity contribution is 7.58. The third kappa shape index (κ3) is 6.09. The van der Waals surface area contributed by atoms with Crippen molar-refractivity contribution in [3.8, 4) is 0 Å². The van der Waals surface area contributed by atoms with E-state index in [1.165, 1.54) is 0 Å². The minimum atomic E-state index is -0.304. The van der Waals surface area contributed by atoms with E-state index in [4.69, 9.17) is 0 Å². The highest BCUT2D eigenvalue weighted by Gasteiger charge is 2.13. The molecule has 0 aliphatic heterocycles. The zero-order valence-corrected chi connectivity index (χ0v) is 5.26. The van der Waals surface area contributed by atoms with E-state index < -0.39 is 0 Å². The Morgan fingerprint density at radius 3 is 2.00 bits per heavy atom. The molecule has 0 atom stereocenters. The fourth-order valence-electron chi connectivity index (χ4n) is 0.217. The molecule has 0 saturated heterocycles. The largest absolute Gasteiger partial charge is 0.792 e. The minimum absolute atomic E-state index is 0.304. The van der Waals surface area contributed by atoms with Crippen molar-refractivity contribution in [2.75, 3.05) is 5.75 Å². The summed E-state index contributed by atoms with van der Waals surface area (Å²) >= 11 is 4.68. The van der Waals surface area contributed by atoms with Crippen LogP contribution in [0.5, 0.6) is 0 Å². The van der Waals surface area contributed by atoms with Crippen molar-refractivity contribution in [1.82, 2.24) is 0 Å². The van der Waals surface area contributed by atoms with Crippen LogP contribution in [0.1, 0.15) is 6.42 Å². The second-order valence-corrected chi connectivity index (χ2v) is 2.36. The molecular formula is C6H10S. The summed E-state index contributed by atoms with van der Waals surface area (Å²) in [4.78, 5) is 0. The summed E-state index contributed by atoms with van der Waals surface area (Å²) in [6.07, 6.45) is 0.822. The average Bonchev–Trinajstić information content (AvgIpc) is 1.30. The van der Waals surface area contributed by atoms with Gasteiger partial charge in [0, 0.05) is 0 Å². The third-order valence-electron chi connectivity index (χ3n) is 0.632. The monoisotopic (exact) mass is 114 g/mol. The Hall–Kier alpha value is 0.0900. The van der Waals surface area contributed by atoms with Crippen molar-refractivity contribution in [1.29, 1.82) is 0 Å². The Morgan fingerprint density at radius 1 is 1.57 bits per heavy atom. The van der Waals surface area contributed by atoms with Crippen molar-refractivity contribution in [3.05, 3.63) is 20.8 Å². The van der Waals surface area contributed by atoms with Gasteiger partial charge in [-0.15, -0.1) is 0 Å². The predicted molar refractivity (Wildman–Crippen MR) is 35.4 cm³/mol. The van der Waals surface area contributed by atoms with Gasteiger partial charge in [0.1, 0.15) is 5.41 Å². The van der Waals surface area contributed by atoms with Crippen LogP contribution in [-0.2, 0) is 12.6 Å². The van der Waals surface area contributed by atoms with E-state index in [2.05, 4.69) is 33.4 Å². The van der Waals surface area contributed by atoms with Crippen molar-refractivity contribution in [2.24, 2.45) is 5.41 Å². The average molecular weight is 114 g/mol. The van der Waals surface area contributed by atoms with E-state index in [-0.39, 0.29) is 5.41 Å². The quantitative estimate of drug-likeness (QED) is 0.386. The van der Waals surface area contributed by atoms with Gasteiger partial charge in [-0.25, -0.2) is 6.92 Å². The van der Waals surface area contributed by atoms with Gasteiger partial charge >= 0.3 is 0 Å². The maximum Gasteiger partial charge on any atom is 0.116 e. The molecule has 1 heteroatoms. The van der Waals surface area contributed by atoms with Gasteiger partial charge in [-0.2, -0.15) is 5.75 Å². The smallest absolute Gasteiger partial charge is 0.116 e. The molecule has 0 amide bonds. The summed E-state index contributed by atoms with van der Waals surface area (Å²) in [6.45, 7) is 11.0. The number of hydrogen-bond donors (Lipinski definition) is 0. The molecule has 40 valence electrons. The zero-order valence-electron chi connectivity index (χ0n) is 4.44. The lowest BCUT2D eigenvalue weighted by atomic mass is 9.94. The van der Waals surface area contributed by atoms with Gasteiger partial charge < -0.3 is 12.6 Å². The Morgan fingerprint density at radius 2 is 2.00 bits per heavy atom. The molecule has 0 heterocycles. The van der Waals surface area contributed by atoms with Crippen molar-refractivity contribution in [3.63, 3.8) is 0 Å². The summed E-state index contributed by atoms with van der Waals surface area (Å²) in [6, 6.07) is 0. The first-order chi connectivity index (χ1) is 3.06. The zero-order chi connectivity index (χ0) is 5.91. The van der Waals surface area contributed by atoms with Gasteiger partial charge in [0.25, 0.3) is 0 Å². The standard InChI is InChI=1S/C6H10S/c1-6(2,3)4-5-7/h1-5H2. The first kappa shape index (κ1) is 7.09. The topological polar surface area (TPSA) is 0 Å². The molecule has 0 unspecified atom stereocenters. The maximum absolute atomic E-state index is 4.68. The first-order valence-corrected chi connectivity index (χ1v) is 2.78. The van der Waals surface area contributed by atoms with Crippen molar-refractivity contribution >= 4 is 12.6 Å². The minimum Gasteiger partial charge on any atom is -0.792 e. The van der Waals surface area contributed by atoms with E-state index in [0.717, 1.165) is 6.42 Å². The molecule has 0 aromatic heterocycles. The van der Waals surface area contributed by atoms with Crippen molar-refractivity contribution in [2.45, 2.75) is 6.42 Å². The molecule has 0 aromatic carbocycles. The van der Waals surface area contributed by atoms with Crippen LogP contribution in [-0.4, -0.2) is 5.75 Å². The Labute approximate surface area is 51.7 Å². The summed E-state index contributed by atoms with van der Waals surface area (Å²) in [5, 5.41) is 0. The van der Waals surface area contributed by atoms with Crippen LogP contribution in [0.25, 0.3) is 0 Å². The molecule has 0 nitrogen and oxygen atoms in total. The fraction of sp³-hybridized carbons (Fsp3) is 0.500. The van der Waals surface area contributed by atoms with E-state index in [1.807, 2.05) is 0 Å². The molecule has 0 rings (SSSR count). The predicted octanol–water partition coefficient (Wildman–Crippen LogP) is 1.41. The summed E-state index contributed by atoms with van der Waals surface area (Å²) in [7, 11) is 0. The Kier molecular flexibility index (Phi) is 2.44. The first-order valence-electron chi connectivity index (χ1n) is 2.20. The lowest BCUT2D eigenvalue weighted by Crippen LogP contribution is -2.07. The number of rotatable bonds is 2. The van der Waals surface area contributed by atoms with Gasteiger partial charge in [0.2, 0.25) is 0 Å². The second-order valence-electron chi connectivity index (χ2n) is 1.95. The second kappa shape index (κ2) is 2.41. The van der Waals surface area contributed by atoms with Crippen LogP contribution in [0, 0.1) is 26.2 Å². The van der Waals surface area contributed by atoms with Gasteiger partial charge in [-0.3, -0.25) is 0 Å². The molecule has 0 bridgehead atoms. The summed E-state index contributed by atoms with van der Waals surface area (Å²) < 4.78 is 0. The summed E-state index contributed by atoms with van der Waals surface area (Å²) in [5.74, 6) is 0.705. The highest BCUT2D eigenvalue weighted by atomic mass is 32.1. The van der Waals surface area contributed by atoms with Crippen LogP contribution in [0.3, 0.4) is 0 Å². The van der Waals surface area contributed by atoms with Crippen LogP contribution in [0.2, 0.25) is 0 Å². The van der Waals surface area contributed by atoms with Gasteiger partial charge in [-0.05, 0) is 6.42 Å². The third-order valence-corrected chi connectivity index (χ3v) is 0.837. The normalized spacial score (nSPS) is 11.7. The van der Waals surface area contributed by atoms with Crippen LogP contribution >= 0.6 is 0 Å². The van der Waals surface area contributed by atoms with Crippen molar-refractivity contribution < 1.29 is 0 Å². The molecule has 7 heavy (non-hydrogen) atoms. The maximum atomic E-state index is 4.68. The SMILES string of the molecule is [CH2+]C([CH2+])([CH2-])CC[S-]. The molecule has 0 radical (unpaired) electrons. The van der Waals surface area contributed by atoms with Crippen LogP contribution in [0.15, 0.2) is 0 Å². The van der Waals surface area contributed by atoms with E-state index in [9.17, 15) is 0 Å². The Balaban J connectivity index is 3.15. The van der Waals surface area contributed by atoms with Gasteiger partial charge in [-0.1, -0.05) is 0 Å². The molecule has 0 aliphatic carbocycles. The molecule has 0 saturated carbocycles. The molecule has 0 aliphatic rings. The lowest BCUT2D eigenvalue weighted by molar-refractivity contribution is 0.594. The van der Waals surface area contributed by atoms with Gasteiger partial charge in [0.15, 0.2) is 0 Å². The van der Waals surface area contributed by atoms with E-state index in [1.54, 1.807) is 0 Å². The Bertz CT molecular complexity index is 42.6. The van der Waals surface area contributed by atoms with E-state index in [0.29, 0.717) is 5.75 Å². The van der Waals surface area contributed by atoms with Crippen LogP contribution < -0.4 is 0 Å². The molecule has 0 spiro atoms. The highest BCUT2D eigenvalue weighted by Crippen LogP contribution is 2.14.